The average molecular weight is 310 g/mol. The Morgan fingerprint density at radius 1 is 1.17 bits per heavy atom. The van der Waals surface area contributed by atoms with Crippen molar-refractivity contribution in [1.82, 2.24) is 10.2 Å². The van der Waals surface area contributed by atoms with E-state index in [-0.39, 0.29) is 5.91 Å². The topological polar surface area (TPSA) is 45.5 Å². The third-order valence-electron chi connectivity index (χ3n) is 4.89. The summed E-state index contributed by atoms with van der Waals surface area (Å²) in [6.07, 6.45) is 5.47. The fourth-order valence-electron chi connectivity index (χ4n) is 3.45. The zero-order valence-electron chi connectivity index (χ0n) is 13.2. The van der Waals surface area contributed by atoms with Crippen LogP contribution in [-0.4, -0.2) is 36.5 Å². The lowest BCUT2D eigenvalue weighted by Crippen LogP contribution is -2.31. The van der Waals surface area contributed by atoms with Crippen molar-refractivity contribution in [2.75, 3.05) is 19.6 Å². The van der Waals surface area contributed by atoms with Gasteiger partial charge >= 0.3 is 0 Å². The standard InChI is InChI=1S/C19H22N2O2/c22-19(20-12-14-8-10-21(13-14)16-6-7-16)18-17(9-11-23-18)15-4-2-1-3-5-15/h1-5,9,11,14,16H,6-8,10,12-13H2,(H,20,22)/t14-/m0/s1. The van der Waals surface area contributed by atoms with Crippen molar-refractivity contribution in [3.63, 3.8) is 0 Å². The van der Waals surface area contributed by atoms with Crippen LogP contribution < -0.4 is 5.32 Å². The predicted octanol–water partition coefficient (Wildman–Crippen LogP) is 3.16. The van der Waals surface area contributed by atoms with Gasteiger partial charge in [-0.1, -0.05) is 30.3 Å². The molecule has 0 radical (unpaired) electrons. The number of carbonyl (C=O) groups is 1. The fourth-order valence-corrected chi connectivity index (χ4v) is 3.45. The summed E-state index contributed by atoms with van der Waals surface area (Å²) < 4.78 is 5.44. The first kappa shape index (κ1) is 14.5. The minimum atomic E-state index is -0.112. The number of hydrogen-bond donors (Lipinski definition) is 1. The van der Waals surface area contributed by atoms with E-state index in [9.17, 15) is 4.79 Å². The molecule has 2 heterocycles. The maximum Gasteiger partial charge on any atom is 0.287 e. The van der Waals surface area contributed by atoms with Gasteiger partial charge in [-0.15, -0.1) is 0 Å². The van der Waals surface area contributed by atoms with Gasteiger partial charge < -0.3 is 14.6 Å². The summed E-state index contributed by atoms with van der Waals surface area (Å²) in [7, 11) is 0. The number of rotatable bonds is 5. The molecular weight excluding hydrogens is 288 g/mol. The third-order valence-corrected chi connectivity index (χ3v) is 4.89. The molecule has 4 heteroatoms. The second-order valence-corrected chi connectivity index (χ2v) is 6.62. The molecule has 1 saturated heterocycles. The number of amides is 1. The maximum atomic E-state index is 12.5. The van der Waals surface area contributed by atoms with Gasteiger partial charge in [-0.25, -0.2) is 0 Å². The van der Waals surface area contributed by atoms with E-state index in [0.717, 1.165) is 30.3 Å². The van der Waals surface area contributed by atoms with Crippen molar-refractivity contribution in [3.05, 3.63) is 48.4 Å². The molecule has 1 atom stereocenters. The normalized spacial score (nSPS) is 21.5. The molecular formula is C19H22N2O2. The number of carbonyl (C=O) groups excluding carboxylic acids is 1. The Hall–Kier alpha value is -2.07. The van der Waals surface area contributed by atoms with Gasteiger partial charge in [0.25, 0.3) is 5.91 Å². The van der Waals surface area contributed by atoms with Crippen LogP contribution in [0.1, 0.15) is 29.8 Å². The Morgan fingerprint density at radius 3 is 2.78 bits per heavy atom. The molecule has 0 bridgehead atoms. The van der Waals surface area contributed by atoms with Gasteiger partial charge in [0.1, 0.15) is 0 Å². The highest BCUT2D eigenvalue weighted by molar-refractivity contribution is 5.98. The van der Waals surface area contributed by atoms with Crippen LogP contribution in [0.5, 0.6) is 0 Å². The number of nitrogens with one attached hydrogen (secondary N) is 1. The summed E-state index contributed by atoms with van der Waals surface area (Å²) in [6.45, 7) is 3.03. The van der Waals surface area contributed by atoms with Gasteiger partial charge in [-0.05, 0) is 43.4 Å². The van der Waals surface area contributed by atoms with Crippen LogP contribution in [0.3, 0.4) is 0 Å². The van der Waals surface area contributed by atoms with E-state index in [2.05, 4.69) is 10.2 Å². The lowest BCUT2D eigenvalue weighted by molar-refractivity contribution is 0.0920. The number of furan rings is 1. The molecule has 120 valence electrons. The maximum absolute atomic E-state index is 12.5. The fraction of sp³-hybridized carbons (Fsp3) is 0.421. The van der Waals surface area contributed by atoms with Gasteiger partial charge in [0, 0.05) is 24.7 Å². The molecule has 23 heavy (non-hydrogen) atoms. The Bertz CT molecular complexity index is 676. The van der Waals surface area contributed by atoms with Crippen LogP contribution in [0, 0.1) is 5.92 Å². The summed E-state index contributed by atoms with van der Waals surface area (Å²) in [5.41, 5.74) is 1.86. The van der Waals surface area contributed by atoms with Gasteiger partial charge in [-0.3, -0.25) is 4.79 Å². The van der Waals surface area contributed by atoms with Crippen molar-refractivity contribution in [1.29, 1.82) is 0 Å². The molecule has 1 aromatic heterocycles. The zero-order chi connectivity index (χ0) is 15.6. The minimum absolute atomic E-state index is 0.112. The molecule has 4 rings (SSSR count). The average Bonchev–Trinajstić information content (AvgIpc) is 3.14. The smallest absolute Gasteiger partial charge is 0.287 e. The Kier molecular flexibility index (Phi) is 3.92. The summed E-state index contributed by atoms with van der Waals surface area (Å²) in [5.74, 6) is 0.863. The van der Waals surface area contributed by atoms with Crippen LogP contribution in [0.25, 0.3) is 11.1 Å². The van der Waals surface area contributed by atoms with Gasteiger partial charge in [-0.2, -0.15) is 0 Å². The van der Waals surface area contributed by atoms with Crippen LogP contribution in [0.15, 0.2) is 47.1 Å². The Morgan fingerprint density at radius 2 is 2.00 bits per heavy atom. The van der Waals surface area contributed by atoms with Crippen molar-refractivity contribution >= 4 is 5.91 Å². The van der Waals surface area contributed by atoms with Gasteiger partial charge in [0.05, 0.1) is 6.26 Å². The largest absolute Gasteiger partial charge is 0.459 e. The number of hydrogen-bond acceptors (Lipinski definition) is 3. The molecule has 0 unspecified atom stereocenters. The molecule has 1 aliphatic heterocycles. The van der Waals surface area contributed by atoms with Gasteiger partial charge in [0.15, 0.2) is 5.76 Å². The molecule has 1 N–H and O–H groups in total. The van der Waals surface area contributed by atoms with Crippen molar-refractivity contribution in [2.45, 2.75) is 25.3 Å². The summed E-state index contributed by atoms with van der Waals surface area (Å²) in [5, 5.41) is 3.06. The van der Waals surface area contributed by atoms with Crippen LogP contribution in [0.4, 0.5) is 0 Å². The quantitative estimate of drug-likeness (QED) is 0.922. The molecule has 1 aromatic carbocycles. The van der Waals surface area contributed by atoms with Crippen molar-refractivity contribution in [2.24, 2.45) is 5.92 Å². The van der Waals surface area contributed by atoms with E-state index in [1.807, 2.05) is 36.4 Å². The highest BCUT2D eigenvalue weighted by Crippen LogP contribution is 2.31. The second-order valence-electron chi connectivity index (χ2n) is 6.62. The van der Waals surface area contributed by atoms with Crippen LogP contribution in [-0.2, 0) is 0 Å². The molecule has 0 spiro atoms. The first-order valence-corrected chi connectivity index (χ1v) is 8.46. The third kappa shape index (κ3) is 3.17. The van der Waals surface area contributed by atoms with E-state index >= 15 is 0 Å². The van der Waals surface area contributed by atoms with E-state index in [1.54, 1.807) is 6.26 Å². The van der Waals surface area contributed by atoms with E-state index < -0.39 is 0 Å². The lowest BCUT2D eigenvalue weighted by atomic mass is 10.1. The molecule has 1 saturated carbocycles. The predicted molar refractivity (Wildman–Crippen MR) is 89.2 cm³/mol. The molecule has 2 aromatic rings. The number of nitrogens with zero attached hydrogens (tertiary/aromatic N) is 1. The molecule has 2 aliphatic rings. The molecule has 2 fully saturated rings. The second kappa shape index (κ2) is 6.20. The number of likely N-dealkylation sites (tertiary alicyclic amines) is 1. The monoisotopic (exact) mass is 310 g/mol. The highest BCUT2D eigenvalue weighted by atomic mass is 16.3. The first-order valence-electron chi connectivity index (χ1n) is 8.46. The van der Waals surface area contributed by atoms with Gasteiger partial charge in [0.2, 0.25) is 0 Å². The zero-order valence-corrected chi connectivity index (χ0v) is 13.2. The SMILES string of the molecule is O=C(NC[C@@H]1CCN(C2CC2)C1)c1occc1-c1ccccc1. The Balaban J connectivity index is 1.37. The van der Waals surface area contributed by atoms with Crippen molar-refractivity contribution in [3.8, 4) is 11.1 Å². The first-order chi connectivity index (χ1) is 11.3. The van der Waals surface area contributed by atoms with Crippen LogP contribution >= 0.6 is 0 Å². The summed E-state index contributed by atoms with van der Waals surface area (Å²) in [6, 6.07) is 12.6. The summed E-state index contributed by atoms with van der Waals surface area (Å²) in [4.78, 5) is 15.0. The van der Waals surface area contributed by atoms with E-state index in [0.29, 0.717) is 11.7 Å². The highest BCUT2D eigenvalue weighted by Gasteiger charge is 2.34. The van der Waals surface area contributed by atoms with E-state index in [4.69, 9.17) is 4.42 Å². The molecule has 1 aliphatic carbocycles. The van der Waals surface area contributed by atoms with Crippen LogP contribution in [0.2, 0.25) is 0 Å². The molecule has 4 nitrogen and oxygen atoms in total. The minimum Gasteiger partial charge on any atom is -0.459 e. The Labute approximate surface area is 136 Å². The van der Waals surface area contributed by atoms with E-state index in [1.165, 1.54) is 25.8 Å². The summed E-state index contributed by atoms with van der Waals surface area (Å²) >= 11 is 0. The molecule has 1 amide bonds. The van der Waals surface area contributed by atoms with Crippen molar-refractivity contribution < 1.29 is 9.21 Å². The number of benzene rings is 1. The lowest BCUT2D eigenvalue weighted by Gasteiger charge is -2.15.